The van der Waals surface area contributed by atoms with Crippen molar-refractivity contribution in [2.75, 3.05) is 0 Å². The van der Waals surface area contributed by atoms with Gasteiger partial charge in [-0.15, -0.1) is 0 Å². The molecule has 1 aromatic carbocycles. The molecule has 0 saturated carbocycles. The average molecular weight is 545 g/mol. The third-order valence-electron chi connectivity index (χ3n) is 5.86. The molecule has 212 valence electrons. The number of nitrogens with zero attached hydrogens (tertiary/aromatic N) is 1. The maximum Gasteiger partial charge on any atom is 0.326 e. The van der Waals surface area contributed by atoms with Crippen molar-refractivity contribution in [2.24, 2.45) is 11.7 Å². The molecule has 0 fully saturated rings. The van der Waals surface area contributed by atoms with Gasteiger partial charge in [-0.1, -0.05) is 44.2 Å². The maximum atomic E-state index is 13.3. The highest BCUT2D eigenvalue weighted by Gasteiger charge is 2.31. The van der Waals surface area contributed by atoms with E-state index < -0.39 is 53.8 Å². The Hall–Kier alpha value is -4.26. The summed E-state index contributed by atoms with van der Waals surface area (Å²) >= 11 is 0. The van der Waals surface area contributed by atoms with Crippen molar-refractivity contribution in [3.8, 4) is 0 Å². The molecular weight excluding hydrogens is 508 g/mol. The number of carboxylic acids is 2. The number of rotatable bonds is 16. The van der Waals surface area contributed by atoms with Gasteiger partial charge in [0.05, 0.1) is 12.4 Å². The summed E-state index contributed by atoms with van der Waals surface area (Å²) in [7, 11) is 0. The second-order valence-corrected chi connectivity index (χ2v) is 9.66. The predicted molar refractivity (Wildman–Crippen MR) is 140 cm³/mol. The number of amides is 3. The average Bonchev–Trinajstić information content (AvgIpc) is 3.39. The molecule has 0 radical (unpaired) electrons. The van der Waals surface area contributed by atoms with E-state index in [0.29, 0.717) is 5.69 Å². The summed E-state index contributed by atoms with van der Waals surface area (Å²) in [4.78, 5) is 68.5. The van der Waals surface area contributed by atoms with Crippen LogP contribution < -0.4 is 21.7 Å². The highest BCUT2D eigenvalue weighted by Crippen LogP contribution is 2.10. The van der Waals surface area contributed by atoms with E-state index in [1.54, 1.807) is 30.3 Å². The molecule has 4 atom stereocenters. The molecule has 39 heavy (non-hydrogen) atoms. The van der Waals surface area contributed by atoms with Gasteiger partial charge in [0.15, 0.2) is 0 Å². The van der Waals surface area contributed by atoms with E-state index in [2.05, 4.69) is 25.9 Å². The molecule has 0 aliphatic heterocycles. The quantitative estimate of drug-likeness (QED) is 0.151. The van der Waals surface area contributed by atoms with Crippen LogP contribution in [0.3, 0.4) is 0 Å². The second kappa shape index (κ2) is 15.2. The van der Waals surface area contributed by atoms with Crippen molar-refractivity contribution < 1.29 is 34.2 Å². The summed E-state index contributed by atoms with van der Waals surface area (Å²) in [6.45, 7) is 3.69. The molecule has 0 aliphatic carbocycles. The molecule has 2 rings (SSSR count). The number of imidazole rings is 1. The SMILES string of the molecule is CC(C)CC(NC(=O)C(N)CCC(=O)O)C(=O)NC(Cc1ccccc1)C(=O)NC(Cc1cnc[nH]1)C(=O)O. The monoisotopic (exact) mass is 544 g/mol. The first-order valence-electron chi connectivity index (χ1n) is 12.6. The zero-order valence-corrected chi connectivity index (χ0v) is 21.9. The molecular formula is C26H36N6O7. The van der Waals surface area contributed by atoms with Crippen LogP contribution in [0.2, 0.25) is 0 Å². The van der Waals surface area contributed by atoms with Gasteiger partial charge in [0.1, 0.15) is 18.1 Å². The number of nitrogens with one attached hydrogen (secondary N) is 4. The van der Waals surface area contributed by atoms with Gasteiger partial charge in [-0.2, -0.15) is 0 Å². The largest absolute Gasteiger partial charge is 0.481 e. The van der Waals surface area contributed by atoms with Gasteiger partial charge >= 0.3 is 11.9 Å². The third-order valence-corrected chi connectivity index (χ3v) is 5.86. The minimum atomic E-state index is -1.29. The Kier molecular flexibility index (Phi) is 12.1. The zero-order valence-electron chi connectivity index (χ0n) is 21.9. The number of carbonyl (C=O) groups excluding carboxylic acids is 3. The van der Waals surface area contributed by atoms with Gasteiger partial charge in [0.25, 0.3) is 0 Å². The number of aromatic nitrogens is 2. The Labute approximate surface area is 226 Å². The fraction of sp³-hybridized carbons (Fsp3) is 0.462. The standard InChI is InChI=1S/C26H36N6O7/c1-15(2)10-19(30-23(35)18(27)8-9-22(33)34)24(36)31-20(11-16-6-4-3-5-7-16)25(37)32-21(26(38)39)12-17-13-28-14-29-17/h3-7,13-15,18-21H,8-12,27H2,1-2H3,(H,28,29)(H,30,35)(H,31,36)(H,32,37)(H,33,34)(H,38,39). The number of carboxylic acid groups (broad SMARTS) is 2. The summed E-state index contributed by atoms with van der Waals surface area (Å²) in [5.74, 6) is -4.44. The van der Waals surface area contributed by atoms with Gasteiger partial charge in [0, 0.05) is 31.2 Å². The van der Waals surface area contributed by atoms with Crippen molar-refractivity contribution in [1.29, 1.82) is 0 Å². The van der Waals surface area contributed by atoms with Gasteiger partial charge in [0.2, 0.25) is 17.7 Å². The Bertz CT molecular complexity index is 1110. The smallest absolute Gasteiger partial charge is 0.326 e. The van der Waals surface area contributed by atoms with E-state index in [9.17, 15) is 29.1 Å². The van der Waals surface area contributed by atoms with E-state index >= 15 is 0 Å². The van der Waals surface area contributed by atoms with Crippen molar-refractivity contribution >= 4 is 29.7 Å². The van der Waals surface area contributed by atoms with Gasteiger partial charge < -0.3 is 36.9 Å². The number of hydrogen-bond donors (Lipinski definition) is 7. The third kappa shape index (κ3) is 10.9. The lowest BCUT2D eigenvalue weighted by Crippen LogP contribution is -2.58. The van der Waals surface area contributed by atoms with Crippen LogP contribution in [0.4, 0.5) is 0 Å². The number of benzene rings is 1. The summed E-state index contributed by atoms with van der Waals surface area (Å²) in [6.07, 6.45) is 2.67. The van der Waals surface area contributed by atoms with Crippen molar-refractivity contribution in [1.82, 2.24) is 25.9 Å². The Morgan fingerprint density at radius 2 is 1.51 bits per heavy atom. The lowest BCUT2D eigenvalue weighted by atomic mass is 10.00. The molecule has 0 saturated heterocycles. The predicted octanol–water partition coefficient (Wildman–Crippen LogP) is -0.0279. The van der Waals surface area contributed by atoms with Crippen LogP contribution in [-0.2, 0) is 36.8 Å². The minimum Gasteiger partial charge on any atom is -0.481 e. The first-order chi connectivity index (χ1) is 18.5. The van der Waals surface area contributed by atoms with Crippen LogP contribution in [0.25, 0.3) is 0 Å². The first kappa shape index (κ1) is 31.0. The number of hydrogen-bond acceptors (Lipinski definition) is 7. The summed E-state index contributed by atoms with van der Waals surface area (Å²) in [6, 6.07) is 4.23. The molecule has 4 unspecified atom stereocenters. The number of aromatic amines is 1. The topological polar surface area (TPSA) is 217 Å². The van der Waals surface area contributed by atoms with Gasteiger partial charge in [-0.3, -0.25) is 19.2 Å². The van der Waals surface area contributed by atoms with Crippen molar-refractivity contribution in [3.05, 3.63) is 54.1 Å². The first-order valence-corrected chi connectivity index (χ1v) is 12.6. The fourth-order valence-electron chi connectivity index (χ4n) is 3.81. The summed E-state index contributed by atoms with van der Waals surface area (Å²) in [5, 5.41) is 26.2. The van der Waals surface area contributed by atoms with Crippen LogP contribution in [-0.4, -0.2) is 74.0 Å². The Balaban J connectivity index is 2.21. The summed E-state index contributed by atoms with van der Waals surface area (Å²) < 4.78 is 0. The van der Waals surface area contributed by atoms with E-state index in [0.717, 1.165) is 5.56 Å². The molecule has 0 bridgehead atoms. The maximum absolute atomic E-state index is 13.3. The number of aliphatic carboxylic acids is 2. The molecule has 3 amide bonds. The molecule has 8 N–H and O–H groups in total. The fourth-order valence-corrected chi connectivity index (χ4v) is 3.81. The molecule has 13 heteroatoms. The van der Waals surface area contributed by atoms with E-state index in [-0.39, 0.29) is 38.0 Å². The lowest BCUT2D eigenvalue weighted by Gasteiger charge is -2.26. The highest BCUT2D eigenvalue weighted by molar-refractivity contribution is 5.94. The Morgan fingerprint density at radius 3 is 2.08 bits per heavy atom. The van der Waals surface area contributed by atoms with Crippen molar-refractivity contribution in [3.63, 3.8) is 0 Å². The number of H-pyrrole nitrogens is 1. The van der Waals surface area contributed by atoms with E-state index in [4.69, 9.17) is 10.8 Å². The molecule has 0 spiro atoms. The summed E-state index contributed by atoms with van der Waals surface area (Å²) in [5.41, 5.74) is 7.03. The van der Waals surface area contributed by atoms with Crippen LogP contribution >= 0.6 is 0 Å². The Morgan fingerprint density at radius 1 is 0.897 bits per heavy atom. The van der Waals surface area contributed by atoms with Crippen molar-refractivity contribution in [2.45, 2.75) is 70.1 Å². The minimum absolute atomic E-state index is 0.0245. The zero-order chi connectivity index (χ0) is 28.9. The van der Waals surface area contributed by atoms with E-state index in [1.807, 2.05) is 13.8 Å². The molecule has 2 aromatic rings. The van der Waals surface area contributed by atoms with Gasteiger partial charge in [-0.05, 0) is 24.3 Å². The van der Waals surface area contributed by atoms with Crippen LogP contribution in [0.15, 0.2) is 42.9 Å². The molecule has 0 aliphatic rings. The highest BCUT2D eigenvalue weighted by atomic mass is 16.4. The normalized spacial score (nSPS) is 14.1. The van der Waals surface area contributed by atoms with Crippen LogP contribution in [0.5, 0.6) is 0 Å². The van der Waals surface area contributed by atoms with E-state index in [1.165, 1.54) is 12.5 Å². The number of nitrogens with two attached hydrogens (primary N) is 1. The molecule has 13 nitrogen and oxygen atoms in total. The van der Waals surface area contributed by atoms with Crippen LogP contribution in [0.1, 0.15) is 44.4 Å². The molecule has 1 heterocycles. The lowest BCUT2D eigenvalue weighted by molar-refractivity contribution is -0.142. The second-order valence-electron chi connectivity index (χ2n) is 9.66. The number of carbonyl (C=O) groups is 5. The molecule has 1 aromatic heterocycles. The van der Waals surface area contributed by atoms with Gasteiger partial charge in [-0.25, -0.2) is 9.78 Å². The van der Waals surface area contributed by atoms with Crippen LogP contribution in [0, 0.1) is 5.92 Å².